The molecule has 31 heavy (non-hydrogen) atoms. The molecule has 7 heteroatoms. The highest BCUT2D eigenvalue weighted by molar-refractivity contribution is 6.01. The number of hydrogen-bond acceptors (Lipinski definition) is 6. The molecule has 0 aromatic heterocycles. The van der Waals surface area contributed by atoms with E-state index in [1.165, 1.54) is 0 Å². The molecule has 0 radical (unpaired) electrons. The first-order valence-corrected chi connectivity index (χ1v) is 10.4. The predicted octanol–water partition coefficient (Wildman–Crippen LogP) is 3.72. The highest BCUT2D eigenvalue weighted by Gasteiger charge is 2.48. The maximum atomic E-state index is 12.1. The first-order valence-electron chi connectivity index (χ1n) is 10.4. The monoisotopic (exact) mass is 425 g/mol. The zero-order valence-electron chi connectivity index (χ0n) is 18.2. The topological polar surface area (TPSA) is 83.1 Å². The third kappa shape index (κ3) is 3.92. The zero-order valence-corrected chi connectivity index (χ0v) is 18.2. The van der Waals surface area contributed by atoms with Crippen molar-refractivity contribution in [3.8, 4) is 28.4 Å². The minimum atomic E-state index is -0.608. The van der Waals surface area contributed by atoms with Crippen molar-refractivity contribution < 1.29 is 28.5 Å². The van der Waals surface area contributed by atoms with Crippen LogP contribution in [0.2, 0.25) is 0 Å². The zero-order chi connectivity index (χ0) is 22.2. The smallest absolute Gasteiger partial charge is 0.309 e. The fourth-order valence-corrected chi connectivity index (χ4v) is 3.71. The molecule has 1 aliphatic heterocycles. The number of nitrogens with one attached hydrogen (secondary N) is 1. The third-order valence-corrected chi connectivity index (χ3v) is 5.71. The number of hydrogen-bond donors (Lipinski definition) is 1. The van der Waals surface area contributed by atoms with E-state index >= 15 is 0 Å². The number of methoxy groups -OCH3 is 2. The van der Waals surface area contributed by atoms with Crippen LogP contribution in [0.4, 0.5) is 0 Å². The van der Waals surface area contributed by atoms with Gasteiger partial charge in [0.1, 0.15) is 12.2 Å². The largest absolute Gasteiger partial charge is 0.493 e. The minimum Gasteiger partial charge on any atom is -0.493 e. The van der Waals surface area contributed by atoms with Crippen LogP contribution in [0.25, 0.3) is 11.1 Å². The summed E-state index contributed by atoms with van der Waals surface area (Å²) in [5.41, 5.74) is 2.63. The molecule has 1 saturated carbocycles. The minimum absolute atomic E-state index is 0.0858. The van der Waals surface area contributed by atoms with E-state index in [9.17, 15) is 9.59 Å². The summed E-state index contributed by atoms with van der Waals surface area (Å²) in [6, 6.07) is 9.34. The lowest BCUT2D eigenvalue weighted by Gasteiger charge is -2.22. The first kappa shape index (κ1) is 21.0. The van der Waals surface area contributed by atoms with E-state index in [1.54, 1.807) is 14.2 Å². The van der Waals surface area contributed by atoms with Crippen molar-refractivity contribution in [3.63, 3.8) is 0 Å². The van der Waals surface area contributed by atoms with Gasteiger partial charge in [0.05, 0.1) is 20.1 Å². The van der Waals surface area contributed by atoms with Crippen molar-refractivity contribution >= 4 is 11.9 Å². The van der Waals surface area contributed by atoms with Gasteiger partial charge in [-0.3, -0.25) is 9.59 Å². The van der Waals surface area contributed by atoms with Crippen LogP contribution < -0.4 is 19.5 Å². The molecule has 0 unspecified atom stereocenters. The molecule has 0 saturated heterocycles. The lowest BCUT2D eigenvalue weighted by molar-refractivity contribution is -0.156. The lowest BCUT2D eigenvalue weighted by atomic mass is 9.95. The van der Waals surface area contributed by atoms with Gasteiger partial charge < -0.3 is 24.3 Å². The van der Waals surface area contributed by atoms with Gasteiger partial charge in [0.25, 0.3) is 5.91 Å². The van der Waals surface area contributed by atoms with Crippen LogP contribution in [0.5, 0.6) is 17.2 Å². The molecule has 1 heterocycles. The van der Waals surface area contributed by atoms with E-state index < -0.39 is 5.60 Å². The van der Waals surface area contributed by atoms with Gasteiger partial charge in [0.2, 0.25) is 5.75 Å². The Hall–Kier alpha value is -3.22. The normalized spacial score (nSPS) is 15.8. The quantitative estimate of drug-likeness (QED) is 0.649. The summed E-state index contributed by atoms with van der Waals surface area (Å²) in [4.78, 5) is 24.3. The van der Waals surface area contributed by atoms with Gasteiger partial charge >= 0.3 is 5.97 Å². The summed E-state index contributed by atoms with van der Waals surface area (Å²) in [5, 5.41) is 2.87. The second-order valence-electron chi connectivity index (χ2n) is 8.24. The average molecular weight is 425 g/mol. The molecule has 1 N–H and O–H groups in total. The fraction of sp³-hybridized carbons (Fsp3) is 0.417. The number of carbonyl (C=O) groups excluding carboxylic acids is 2. The molecule has 0 bridgehead atoms. The van der Waals surface area contributed by atoms with E-state index in [0.29, 0.717) is 29.4 Å². The molecule has 4 rings (SSSR count). The van der Waals surface area contributed by atoms with Crippen LogP contribution in [0, 0.1) is 5.92 Å². The van der Waals surface area contributed by atoms with E-state index in [0.717, 1.165) is 29.5 Å². The molecule has 0 spiro atoms. The second kappa shape index (κ2) is 8.13. The molecular formula is C24H27NO6. The first-order chi connectivity index (χ1) is 14.9. The van der Waals surface area contributed by atoms with E-state index in [1.807, 2.05) is 44.2 Å². The van der Waals surface area contributed by atoms with Crippen LogP contribution >= 0.6 is 0 Å². The number of rotatable bonds is 8. The van der Waals surface area contributed by atoms with Crippen molar-refractivity contribution in [2.24, 2.45) is 5.92 Å². The Balaban J connectivity index is 1.72. The SMILES string of the molecule is COc1ccc(-c2cccc3c2CNC3=O)c(OCC2(OC(=O)C(C)C)CC2)c1OC. The molecule has 2 aliphatic rings. The van der Waals surface area contributed by atoms with Crippen molar-refractivity contribution in [2.75, 3.05) is 20.8 Å². The van der Waals surface area contributed by atoms with Gasteiger partial charge in [-0.1, -0.05) is 26.0 Å². The Kier molecular flexibility index (Phi) is 5.52. The van der Waals surface area contributed by atoms with Crippen LogP contribution in [0.15, 0.2) is 30.3 Å². The standard InChI is InChI=1S/C24H27NO6/c1-14(2)23(27)31-24(10-11-24)13-30-20-16(8-9-19(28-3)21(20)29-4)15-6-5-7-17-18(15)12-25-22(17)26/h5-9,14H,10-13H2,1-4H3,(H,25,26). The Labute approximate surface area is 181 Å². The van der Waals surface area contributed by atoms with Gasteiger partial charge in [-0.15, -0.1) is 0 Å². The second-order valence-corrected chi connectivity index (χ2v) is 8.24. The van der Waals surface area contributed by atoms with Gasteiger partial charge in [0, 0.05) is 17.7 Å². The van der Waals surface area contributed by atoms with Gasteiger partial charge in [0.15, 0.2) is 11.5 Å². The van der Waals surface area contributed by atoms with Crippen molar-refractivity contribution in [1.29, 1.82) is 0 Å². The Morgan fingerprint density at radius 3 is 2.42 bits per heavy atom. The number of ether oxygens (including phenoxy) is 4. The molecule has 164 valence electrons. The van der Waals surface area contributed by atoms with E-state index in [-0.39, 0.29) is 24.4 Å². The highest BCUT2D eigenvalue weighted by atomic mass is 16.6. The summed E-state index contributed by atoms with van der Waals surface area (Å²) >= 11 is 0. The van der Waals surface area contributed by atoms with Crippen molar-refractivity contribution in [1.82, 2.24) is 5.32 Å². The number of benzene rings is 2. The molecule has 2 aromatic carbocycles. The maximum Gasteiger partial charge on any atom is 0.309 e. The Bertz CT molecular complexity index is 1020. The molecule has 7 nitrogen and oxygen atoms in total. The number of esters is 1. The number of amides is 1. The Morgan fingerprint density at radius 2 is 1.77 bits per heavy atom. The van der Waals surface area contributed by atoms with E-state index in [4.69, 9.17) is 18.9 Å². The summed E-state index contributed by atoms with van der Waals surface area (Å²) in [7, 11) is 3.12. The molecule has 1 fully saturated rings. The van der Waals surface area contributed by atoms with Crippen LogP contribution in [-0.4, -0.2) is 38.3 Å². The number of fused-ring (bicyclic) bond motifs is 1. The van der Waals surface area contributed by atoms with Gasteiger partial charge in [-0.2, -0.15) is 0 Å². The summed E-state index contributed by atoms with van der Waals surface area (Å²) in [6.45, 7) is 4.30. The molecular weight excluding hydrogens is 398 g/mol. The van der Waals surface area contributed by atoms with Gasteiger partial charge in [-0.25, -0.2) is 0 Å². The number of carbonyl (C=O) groups is 2. The summed E-state index contributed by atoms with van der Waals surface area (Å²) in [5.74, 6) is 0.979. The van der Waals surface area contributed by atoms with Crippen molar-refractivity contribution in [2.45, 2.75) is 38.8 Å². The van der Waals surface area contributed by atoms with Crippen molar-refractivity contribution in [3.05, 3.63) is 41.5 Å². The predicted molar refractivity (Wildman–Crippen MR) is 115 cm³/mol. The fourth-order valence-electron chi connectivity index (χ4n) is 3.71. The average Bonchev–Trinajstić information content (AvgIpc) is 3.43. The molecule has 0 atom stereocenters. The summed E-state index contributed by atoms with van der Waals surface area (Å²) in [6.07, 6.45) is 1.51. The lowest BCUT2D eigenvalue weighted by Crippen LogP contribution is -2.29. The van der Waals surface area contributed by atoms with Crippen LogP contribution in [0.1, 0.15) is 42.6 Å². The Morgan fingerprint density at radius 1 is 1.03 bits per heavy atom. The summed E-state index contributed by atoms with van der Waals surface area (Å²) < 4.78 is 23.1. The molecule has 1 amide bonds. The third-order valence-electron chi connectivity index (χ3n) is 5.71. The van der Waals surface area contributed by atoms with E-state index in [2.05, 4.69) is 5.32 Å². The highest BCUT2D eigenvalue weighted by Crippen LogP contribution is 2.48. The van der Waals surface area contributed by atoms with Gasteiger partial charge in [-0.05, 0) is 42.2 Å². The van der Waals surface area contributed by atoms with Crippen LogP contribution in [-0.2, 0) is 16.1 Å². The molecule has 2 aromatic rings. The van der Waals surface area contributed by atoms with Crippen LogP contribution in [0.3, 0.4) is 0 Å². The maximum absolute atomic E-state index is 12.1. The molecule has 1 aliphatic carbocycles.